The number of β-amino-alcohol motifs (C(OH)–C–C–N with tert-alkyl or cyclic N) is 1. The Balaban J connectivity index is 2.47. The highest BCUT2D eigenvalue weighted by Gasteiger charge is 2.26. The van der Waals surface area contributed by atoms with E-state index in [1.54, 1.807) is 0 Å². The van der Waals surface area contributed by atoms with Crippen molar-refractivity contribution in [3.63, 3.8) is 0 Å². The van der Waals surface area contributed by atoms with Crippen molar-refractivity contribution >= 4 is 6.29 Å². The fourth-order valence-electron chi connectivity index (χ4n) is 1.16. The van der Waals surface area contributed by atoms with Crippen LogP contribution in [0.3, 0.4) is 0 Å². The molecule has 52 valence electrons. The summed E-state index contributed by atoms with van der Waals surface area (Å²) in [6.45, 7) is 0.628. The summed E-state index contributed by atoms with van der Waals surface area (Å²) in [7, 11) is 1.84. The molecule has 0 amide bonds. The number of nitrogens with zero attached hydrogens (tertiary/aromatic N) is 1. The molecule has 1 aliphatic heterocycles. The maximum absolute atomic E-state index is 10.2. The molecule has 1 saturated heterocycles. The number of likely N-dealkylation sites (tertiary alicyclic amines) is 1. The Labute approximate surface area is 54.3 Å². The predicted octanol–water partition coefficient (Wildman–Crippen LogP) is -0.750. The Hall–Kier alpha value is -0.410. The second-order valence-electron chi connectivity index (χ2n) is 2.53. The fraction of sp³-hybridized carbons (Fsp3) is 0.833. The lowest BCUT2D eigenvalue weighted by atomic mass is 10.2. The van der Waals surface area contributed by atoms with Gasteiger partial charge in [0.05, 0.1) is 12.1 Å². The van der Waals surface area contributed by atoms with Gasteiger partial charge in [-0.2, -0.15) is 0 Å². The standard InChI is InChI=1S/C6H11NO2/c1-7-3-6(9)2-5(7)4-8/h4-6,9H,2-3H2,1H3/t5-,6+/m0/s1. The van der Waals surface area contributed by atoms with Gasteiger partial charge in [-0.3, -0.25) is 4.90 Å². The molecule has 1 rings (SSSR count). The maximum Gasteiger partial charge on any atom is 0.137 e. The Morgan fingerprint density at radius 1 is 1.78 bits per heavy atom. The predicted molar refractivity (Wildman–Crippen MR) is 33.1 cm³/mol. The molecule has 0 saturated carbocycles. The topological polar surface area (TPSA) is 40.5 Å². The Bertz CT molecular complexity index is 116. The van der Waals surface area contributed by atoms with Gasteiger partial charge in [-0.15, -0.1) is 0 Å². The lowest BCUT2D eigenvalue weighted by Crippen LogP contribution is -2.25. The number of likely N-dealkylation sites (N-methyl/N-ethyl adjacent to an activating group) is 1. The van der Waals surface area contributed by atoms with Crippen LogP contribution < -0.4 is 0 Å². The Morgan fingerprint density at radius 2 is 2.44 bits per heavy atom. The van der Waals surface area contributed by atoms with Gasteiger partial charge in [0.15, 0.2) is 0 Å². The second kappa shape index (κ2) is 2.45. The van der Waals surface area contributed by atoms with E-state index in [4.69, 9.17) is 5.11 Å². The van der Waals surface area contributed by atoms with Crippen LogP contribution in [0.2, 0.25) is 0 Å². The van der Waals surface area contributed by atoms with E-state index in [0.717, 1.165) is 6.29 Å². The number of carbonyl (C=O) groups is 1. The zero-order valence-electron chi connectivity index (χ0n) is 5.45. The first-order valence-corrected chi connectivity index (χ1v) is 3.07. The van der Waals surface area contributed by atoms with Crippen molar-refractivity contribution in [3.05, 3.63) is 0 Å². The van der Waals surface area contributed by atoms with Gasteiger partial charge in [-0.25, -0.2) is 0 Å². The van der Waals surface area contributed by atoms with Gasteiger partial charge in [0.2, 0.25) is 0 Å². The molecule has 0 unspecified atom stereocenters. The van der Waals surface area contributed by atoms with Crippen LogP contribution in [0.5, 0.6) is 0 Å². The minimum absolute atomic E-state index is 0.0556. The zero-order valence-corrected chi connectivity index (χ0v) is 5.45. The van der Waals surface area contributed by atoms with Gasteiger partial charge in [-0.05, 0) is 13.5 Å². The number of aldehydes is 1. The molecule has 1 heterocycles. The molecule has 1 aliphatic rings. The SMILES string of the molecule is CN1C[C@H](O)C[C@H]1C=O. The molecule has 0 spiro atoms. The molecule has 1 fully saturated rings. The van der Waals surface area contributed by atoms with E-state index in [1.165, 1.54) is 0 Å². The van der Waals surface area contributed by atoms with Crippen molar-refractivity contribution in [1.82, 2.24) is 4.90 Å². The molecule has 0 bridgehead atoms. The number of hydrogen-bond acceptors (Lipinski definition) is 3. The van der Waals surface area contributed by atoms with E-state index in [0.29, 0.717) is 13.0 Å². The number of hydrogen-bond donors (Lipinski definition) is 1. The second-order valence-corrected chi connectivity index (χ2v) is 2.53. The molecule has 2 atom stereocenters. The first kappa shape index (κ1) is 6.71. The highest BCUT2D eigenvalue weighted by atomic mass is 16.3. The van der Waals surface area contributed by atoms with E-state index < -0.39 is 0 Å². The van der Waals surface area contributed by atoms with Crippen LogP contribution in [0, 0.1) is 0 Å². The highest BCUT2D eigenvalue weighted by Crippen LogP contribution is 2.12. The van der Waals surface area contributed by atoms with Gasteiger partial charge in [-0.1, -0.05) is 0 Å². The third-order valence-electron chi connectivity index (χ3n) is 1.74. The van der Waals surface area contributed by atoms with E-state index >= 15 is 0 Å². The van der Waals surface area contributed by atoms with E-state index in [1.807, 2.05) is 11.9 Å². The van der Waals surface area contributed by atoms with Crippen LogP contribution >= 0.6 is 0 Å². The molecule has 0 radical (unpaired) electrons. The smallest absolute Gasteiger partial charge is 0.137 e. The summed E-state index contributed by atoms with van der Waals surface area (Å²) in [4.78, 5) is 12.1. The molecule has 0 aromatic heterocycles. The summed E-state index contributed by atoms with van der Waals surface area (Å²) < 4.78 is 0. The number of aliphatic hydroxyl groups excluding tert-OH is 1. The molecule has 1 N–H and O–H groups in total. The van der Waals surface area contributed by atoms with Crippen molar-refractivity contribution in [1.29, 1.82) is 0 Å². The van der Waals surface area contributed by atoms with Crippen molar-refractivity contribution in [3.8, 4) is 0 Å². The minimum atomic E-state index is -0.301. The summed E-state index contributed by atoms with van der Waals surface area (Å²) >= 11 is 0. The maximum atomic E-state index is 10.2. The molecular formula is C6H11NO2. The molecule has 0 aromatic carbocycles. The average molecular weight is 129 g/mol. The van der Waals surface area contributed by atoms with Crippen LogP contribution in [-0.2, 0) is 4.79 Å². The van der Waals surface area contributed by atoms with Crippen molar-refractivity contribution in [2.75, 3.05) is 13.6 Å². The fourth-order valence-corrected chi connectivity index (χ4v) is 1.16. The number of rotatable bonds is 1. The van der Waals surface area contributed by atoms with Crippen molar-refractivity contribution in [2.45, 2.75) is 18.6 Å². The van der Waals surface area contributed by atoms with Gasteiger partial charge < -0.3 is 9.90 Å². The third-order valence-corrected chi connectivity index (χ3v) is 1.74. The first-order valence-electron chi connectivity index (χ1n) is 3.07. The zero-order chi connectivity index (χ0) is 6.85. The van der Waals surface area contributed by atoms with E-state index in [2.05, 4.69) is 0 Å². The first-order chi connectivity index (χ1) is 4.24. The van der Waals surface area contributed by atoms with E-state index in [-0.39, 0.29) is 12.1 Å². The molecule has 0 aromatic rings. The average Bonchev–Trinajstić information content (AvgIpc) is 2.10. The van der Waals surface area contributed by atoms with Crippen LogP contribution in [0.15, 0.2) is 0 Å². The summed E-state index contributed by atoms with van der Waals surface area (Å²) in [6.07, 6.45) is 1.18. The summed E-state index contributed by atoms with van der Waals surface area (Å²) in [6, 6.07) is -0.0556. The van der Waals surface area contributed by atoms with Crippen molar-refractivity contribution in [2.24, 2.45) is 0 Å². The Morgan fingerprint density at radius 3 is 2.67 bits per heavy atom. The molecule has 9 heavy (non-hydrogen) atoms. The quantitative estimate of drug-likeness (QED) is 0.473. The normalized spacial score (nSPS) is 37.1. The van der Waals surface area contributed by atoms with Gasteiger partial charge in [0, 0.05) is 6.54 Å². The van der Waals surface area contributed by atoms with Gasteiger partial charge >= 0.3 is 0 Å². The minimum Gasteiger partial charge on any atom is -0.392 e. The lowest BCUT2D eigenvalue weighted by Gasteiger charge is -2.10. The number of carbonyl (C=O) groups excluding carboxylic acids is 1. The lowest BCUT2D eigenvalue weighted by molar-refractivity contribution is -0.111. The summed E-state index contributed by atoms with van der Waals surface area (Å²) in [5.74, 6) is 0. The van der Waals surface area contributed by atoms with Crippen LogP contribution in [0.1, 0.15) is 6.42 Å². The van der Waals surface area contributed by atoms with Gasteiger partial charge in [0.25, 0.3) is 0 Å². The van der Waals surface area contributed by atoms with Crippen LogP contribution in [0.4, 0.5) is 0 Å². The van der Waals surface area contributed by atoms with Crippen LogP contribution in [-0.4, -0.2) is 42.0 Å². The number of aliphatic hydroxyl groups is 1. The van der Waals surface area contributed by atoms with Gasteiger partial charge in [0.1, 0.15) is 6.29 Å². The highest BCUT2D eigenvalue weighted by molar-refractivity contribution is 5.58. The van der Waals surface area contributed by atoms with Crippen LogP contribution in [0.25, 0.3) is 0 Å². The third kappa shape index (κ3) is 1.28. The molecular weight excluding hydrogens is 118 g/mol. The van der Waals surface area contributed by atoms with Crippen molar-refractivity contribution < 1.29 is 9.90 Å². The monoisotopic (exact) mass is 129 g/mol. The summed E-state index contributed by atoms with van der Waals surface area (Å²) in [5, 5.41) is 9.00. The largest absolute Gasteiger partial charge is 0.392 e. The summed E-state index contributed by atoms with van der Waals surface area (Å²) in [5.41, 5.74) is 0. The molecule has 3 nitrogen and oxygen atoms in total. The molecule has 0 aliphatic carbocycles. The Kier molecular flexibility index (Phi) is 1.83. The molecule has 3 heteroatoms. The van der Waals surface area contributed by atoms with E-state index in [9.17, 15) is 4.79 Å².